The Hall–Kier alpha value is -1.89. The van der Waals surface area contributed by atoms with Gasteiger partial charge in [-0.2, -0.15) is 0 Å². The quantitative estimate of drug-likeness (QED) is 0.729. The first-order valence-corrected chi connectivity index (χ1v) is 6.28. The van der Waals surface area contributed by atoms with Crippen LogP contribution in [-0.4, -0.2) is 34.2 Å². The third-order valence-electron chi connectivity index (χ3n) is 3.68. The molecule has 1 heterocycles. The third kappa shape index (κ3) is 3.57. The van der Waals surface area contributed by atoms with Gasteiger partial charge in [-0.05, 0) is 34.6 Å². The van der Waals surface area contributed by atoms with Crippen LogP contribution in [0.15, 0.2) is 10.6 Å². The Morgan fingerprint density at radius 1 is 1.35 bits per heavy atom. The highest BCUT2D eigenvalue weighted by molar-refractivity contribution is 5.91. The maximum Gasteiger partial charge on any atom is 0.310 e. The van der Waals surface area contributed by atoms with Crippen molar-refractivity contribution in [3.63, 3.8) is 0 Å². The summed E-state index contributed by atoms with van der Waals surface area (Å²) in [5, 5.41) is 18.4. The molecule has 1 amide bonds. The van der Waals surface area contributed by atoms with Crippen LogP contribution in [0.25, 0.3) is 0 Å². The molecule has 0 fully saturated rings. The van der Waals surface area contributed by atoms with Gasteiger partial charge < -0.3 is 14.9 Å². The van der Waals surface area contributed by atoms with E-state index in [1.54, 1.807) is 40.7 Å². The minimum atomic E-state index is -1.02. The SMILES string of the molecule is Cc1cc(NC(=O)CNC(C)(C)C(C)(C)C(=O)O)on1. The van der Waals surface area contributed by atoms with Gasteiger partial charge in [-0.25, -0.2) is 0 Å². The van der Waals surface area contributed by atoms with Crippen LogP contribution in [0.4, 0.5) is 5.88 Å². The molecule has 7 heteroatoms. The summed E-state index contributed by atoms with van der Waals surface area (Å²) in [6, 6.07) is 1.60. The summed E-state index contributed by atoms with van der Waals surface area (Å²) >= 11 is 0. The third-order valence-corrected chi connectivity index (χ3v) is 3.68. The van der Waals surface area contributed by atoms with Gasteiger partial charge in [0, 0.05) is 11.6 Å². The predicted molar refractivity (Wildman–Crippen MR) is 73.4 cm³/mol. The summed E-state index contributed by atoms with van der Waals surface area (Å²) < 4.78 is 4.87. The van der Waals surface area contributed by atoms with Crippen LogP contribution in [0.5, 0.6) is 0 Å². The molecule has 0 aliphatic heterocycles. The van der Waals surface area contributed by atoms with Crippen molar-refractivity contribution >= 4 is 17.8 Å². The van der Waals surface area contributed by atoms with Crippen LogP contribution < -0.4 is 10.6 Å². The molecule has 20 heavy (non-hydrogen) atoms. The first-order chi connectivity index (χ1) is 9.06. The number of aryl methyl sites for hydroxylation is 1. The summed E-state index contributed by atoms with van der Waals surface area (Å²) in [6.07, 6.45) is 0. The van der Waals surface area contributed by atoms with Crippen LogP contribution in [0.2, 0.25) is 0 Å². The lowest BCUT2D eigenvalue weighted by Crippen LogP contribution is -2.56. The van der Waals surface area contributed by atoms with E-state index in [2.05, 4.69) is 15.8 Å². The van der Waals surface area contributed by atoms with Gasteiger partial charge in [0.15, 0.2) is 0 Å². The van der Waals surface area contributed by atoms with E-state index in [0.717, 1.165) is 0 Å². The van der Waals surface area contributed by atoms with Crippen LogP contribution in [0.1, 0.15) is 33.4 Å². The fourth-order valence-corrected chi connectivity index (χ4v) is 1.39. The molecule has 3 N–H and O–H groups in total. The van der Waals surface area contributed by atoms with Gasteiger partial charge in [0.2, 0.25) is 11.8 Å². The minimum absolute atomic E-state index is 0.0243. The first-order valence-electron chi connectivity index (χ1n) is 6.28. The molecule has 0 aliphatic carbocycles. The number of rotatable bonds is 6. The van der Waals surface area contributed by atoms with Crippen LogP contribution in [-0.2, 0) is 9.59 Å². The van der Waals surface area contributed by atoms with Gasteiger partial charge in [0.25, 0.3) is 0 Å². The molecule has 0 unspecified atom stereocenters. The van der Waals surface area contributed by atoms with Crippen molar-refractivity contribution in [1.82, 2.24) is 10.5 Å². The summed E-state index contributed by atoms with van der Waals surface area (Å²) in [4.78, 5) is 23.0. The number of carbonyl (C=O) groups excluding carboxylic acids is 1. The van der Waals surface area contributed by atoms with Crippen molar-refractivity contribution in [2.24, 2.45) is 5.41 Å². The highest BCUT2D eigenvalue weighted by Crippen LogP contribution is 2.30. The molecule has 0 radical (unpaired) electrons. The van der Waals surface area contributed by atoms with E-state index in [-0.39, 0.29) is 18.3 Å². The van der Waals surface area contributed by atoms with Crippen molar-refractivity contribution in [3.05, 3.63) is 11.8 Å². The highest BCUT2D eigenvalue weighted by Gasteiger charge is 2.43. The van der Waals surface area contributed by atoms with Crippen LogP contribution in [0.3, 0.4) is 0 Å². The monoisotopic (exact) mass is 283 g/mol. The smallest absolute Gasteiger partial charge is 0.310 e. The van der Waals surface area contributed by atoms with Gasteiger partial charge in [0.05, 0.1) is 17.7 Å². The molecule has 0 bridgehead atoms. The number of hydrogen-bond donors (Lipinski definition) is 3. The minimum Gasteiger partial charge on any atom is -0.481 e. The molecule has 7 nitrogen and oxygen atoms in total. The first kappa shape index (κ1) is 16.2. The number of carboxylic acid groups (broad SMARTS) is 1. The number of nitrogens with one attached hydrogen (secondary N) is 2. The number of anilines is 1. The average molecular weight is 283 g/mol. The van der Waals surface area contributed by atoms with Gasteiger partial charge in [-0.3, -0.25) is 14.9 Å². The number of hydrogen-bond acceptors (Lipinski definition) is 5. The molecule has 0 aromatic carbocycles. The number of carbonyl (C=O) groups is 2. The molecular weight excluding hydrogens is 262 g/mol. The molecule has 0 saturated carbocycles. The average Bonchev–Trinajstić information content (AvgIpc) is 2.72. The van der Waals surface area contributed by atoms with E-state index in [1.165, 1.54) is 0 Å². The second-order valence-corrected chi connectivity index (χ2v) is 5.79. The second kappa shape index (κ2) is 5.62. The molecule has 0 atom stereocenters. The van der Waals surface area contributed by atoms with Gasteiger partial charge >= 0.3 is 5.97 Å². The fraction of sp³-hybridized carbons (Fsp3) is 0.615. The Bertz CT molecular complexity index is 505. The lowest BCUT2D eigenvalue weighted by molar-refractivity contribution is -0.151. The predicted octanol–water partition coefficient (Wildman–Crippen LogP) is 1.40. The number of nitrogens with zero attached hydrogens (tertiary/aromatic N) is 1. The maximum atomic E-state index is 11.8. The molecule has 1 aromatic rings. The lowest BCUT2D eigenvalue weighted by Gasteiger charge is -2.38. The van der Waals surface area contributed by atoms with Crippen molar-refractivity contribution in [2.45, 2.75) is 40.2 Å². The standard InChI is InChI=1S/C13H21N3O4/c1-8-6-10(20-16-8)15-9(17)7-14-13(4,5)12(2,3)11(18)19/h6,14H,7H2,1-5H3,(H,15,17)(H,18,19). The molecule has 112 valence electrons. The largest absolute Gasteiger partial charge is 0.481 e. The zero-order chi connectivity index (χ0) is 15.6. The second-order valence-electron chi connectivity index (χ2n) is 5.79. The Morgan fingerprint density at radius 2 is 1.95 bits per heavy atom. The summed E-state index contributed by atoms with van der Waals surface area (Å²) in [6.45, 7) is 8.43. The highest BCUT2D eigenvalue weighted by atomic mass is 16.5. The Labute approximate surface area is 117 Å². The maximum absolute atomic E-state index is 11.8. The fourth-order valence-electron chi connectivity index (χ4n) is 1.39. The molecule has 1 aromatic heterocycles. The van der Waals surface area contributed by atoms with E-state index < -0.39 is 16.9 Å². The Kier molecular flexibility index (Phi) is 4.54. The van der Waals surface area contributed by atoms with Crippen LogP contribution in [0, 0.1) is 12.3 Å². The molecular formula is C13H21N3O4. The molecule has 0 saturated heterocycles. The van der Waals surface area contributed by atoms with Crippen molar-refractivity contribution in [3.8, 4) is 0 Å². The zero-order valence-electron chi connectivity index (χ0n) is 12.4. The van der Waals surface area contributed by atoms with Gasteiger partial charge in [-0.1, -0.05) is 5.16 Å². The van der Waals surface area contributed by atoms with E-state index in [1.807, 2.05) is 0 Å². The summed E-state index contributed by atoms with van der Waals surface area (Å²) in [5.41, 5.74) is -1.11. The van der Waals surface area contributed by atoms with E-state index in [4.69, 9.17) is 4.52 Å². The van der Waals surface area contributed by atoms with E-state index in [0.29, 0.717) is 5.69 Å². The number of amides is 1. The molecule has 1 rings (SSSR count). The van der Waals surface area contributed by atoms with Gasteiger partial charge in [0.1, 0.15) is 0 Å². The lowest BCUT2D eigenvalue weighted by atomic mass is 9.74. The van der Waals surface area contributed by atoms with Gasteiger partial charge in [-0.15, -0.1) is 0 Å². The van der Waals surface area contributed by atoms with Crippen LogP contribution >= 0.6 is 0 Å². The van der Waals surface area contributed by atoms with Crippen molar-refractivity contribution < 1.29 is 19.2 Å². The van der Waals surface area contributed by atoms with Crippen molar-refractivity contribution in [2.75, 3.05) is 11.9 Å². The Balaban J connectivity index is 2.58. The number of carboxylic acids is 1. The summed E-state index contributed by atoms with van der Waals surface area (Å²) in [5.74, 6) is -0.985. The normalized spacial score (nSPS) is 12.2. The summed E-state index contributed by atoms with van der Waals surface area (Å²) in [7, 11) is 0. The Morgan fingerprint density at radius 3 is 2.40 bits per heavy atom. The molecule has 0 spiro atoms. The molecule has 0 aliphatic rings. The zero-order valence-corrected chi connectivity index (χ0v) is 12.4. The number of aromatic nitrogens is 1. The van der Waals surface area contributed by atoms with E-state index in [9.17, 15) is 14.7 Å². The van der Waals surface area contributed by atoms with Crippen molar-refractivity contribution in [1.29, 1.82) is 0 Å². The number of aliphatic carboxylic acids is 1. The topological polar surface area (TPSA) is 104 Å². The van der Waals surface area contributed by atoms with E-state index >= 15 is 0 Å².